The molecule has 1 amide bonds. The normalized spacial score (nSPS) is 10.8. The molecule has 2 heterocycles. The topological polar surface area (TPSA) is 76.5 Å². The van der Waals surface area contributed by atoms with E-state index in [-0.39, 0.29) is 5.69 Å². The average molecular weight is 233 g/mol. The number of carbonyl (C=O) groups excluding carboxylic acids is 1. The van der Waals surface area contributed by atoms with Gasteiger partial charge in [0.05, 0.1) is 17.9 Å². The lowest BCUT2D eigenvalue weighted by atomic mass is 10.3. The number of hydrogen-bond acceptors (Lipinski definition) is 4. The van der Waals surface area contributed by atoms with Crippen molar-refractivity contribution in [3.63, 3.8) is 0 Å². The number of fused-ring (bicyclic) bond motifs is 1. The van der Waals surface area contributed by atoms with Crippen LogP contribution in [0.3, 0.4) is 0 Å². The Morgan fingerprint density at radius 2 is 2.18 bits per heavy atom. The van der Waals surface area contributed by atoms with Crippen molar-refractivity contribution in [2.45, 2.75) is 13.3 Å². The predicted molar refractivity (Wildman–Crippen MR) is 65.2 cm³/mol. The van der Waals surface area contributed by atoms with Gasteiger partial charge in [0.15, 0.2) is 5.69 Å². The SMILES string of the molecule is CCc1nc(C(N)=O)c2cncc(N(C)C)n12. The van der Waals surface area contributed by atoms with Crippen LogP contribution in [0.4, 0.5) is 5.82 Å². The number of aryl methyl sites for hydroxylation is 1. The Balaban J connectivity index is 2.84. The fourth-order valence-corrected chi connectivity index (χ4v) is 1.82. The molecule has 90 valence electrons. The van der Waals surface area contributed by atoms with Crippen molar-refractivity contribution < 1.29 is 4.79 Å². The molecule has 0 aliphatic heterocycles. The number of primary amides is 1. The molecule has 0 aliphatic carbocycles. The number of nitrogens with zero attached hydrogens (tertiary/aromatic N) is 4. The number of imidazole rings is 1. The number of anilines is 1. The molecule has 17 heavy (non-hydrogen) atoms. The lowest BCUT2D eigenvalue weighted by Crippen LogP contribution is -2.15. The lowest BCUT2D eigenvalue weighted by Gasteiger charge is -2.15. The zero-order valence-electron chi connectivity index (χ0n) is 10.1. The van der Waals surface area contributed by atoms with E-state index in [9.17, 15) is 4.79 Å². The summed E-state index contributed by atoms with van der Waals surface area (Å²) < 4.78 is 1.91. The molecule has 0 unspecified atom stereocenters. The van der Waals surface area contributed by atoms with Gasteiger partial charge >= 0.3 is 0 Å². The molecule has 0 fully saturated rings. The molecule has 0 saturated carbocycles. The lowest BCUT2D eigenvalue weighted by molar-refractivity contribution is 0.0997. The first-order chi connectivity index (χ1) is 8.06. The molecular weight excluding hydrogens is 218 g/mol. The van der Waals surface area contributed by atoms with Crippen molar-refractivity contribution in [2.24, 2.45) is 5.73 Å². The van der Waals surface area contributed by atoms with Gasteiger partial charge in [-0.25, -0.2) is 4.98 Å². The highest BCUT2D eigenvalue weighted by Gasteiger charge is 2.17. The van der Waals surface area contributed by atoms with E-state index in [1.165, 1.54) is 0 Å². The van der Waals surface area contributed by atoms with Crippen molar-refractivity contribution in [1.82, 2.24) is 14.4 Å². The van der Waals surface area contributed by atoms with Crippen molar-refractivity contribution in [3.05, 3.63) is 23.9 Å². The Morgan fingerprint density at radius 3 is 2.71 bits per heavy atom. The Bertz CT molecular complexity index is 572. The average Bonchev–Trinajstić information content (AvgIpc) is 2.67. The summed E-state index contributed by atoms with van der Waals surface area (Å²) in [4.78, 5) is 21.6. The zero-order chi connectivity index (χ0) is 12.6. The molecule has 0 aromatic carbocycles. The van der Waals surface area contributed by atoms with Crippen molar-refractivity contribution >= 4 is 17.2 Å². The number of carbonyl (C=O) groups is 1. The third kappa shape index (κ3) is 1.71. The number of amides is 1. The molecule has 0 atom stereocenters. The smallest absolute Gasteiger partial charge is 0.269 e. The van der Waals surface area contributed by atoms with E-state index in [1.807, 2.05) is 30.3 Å². The number of nitrogens with two attached hydrogens (primary N) is 1. The molecule has 2 N–H and O–H groups in total. The summed E-state index contributed by atoms with van der Waals surface area (Å²) in [5.74, 6) is 1.15. The van der Waals surface area contributed by atoms with E-state index in [1.54, 1.807) is 12.4 Å². The molecular formula is C11H15N5O. The van der Waals surface area contributed by atoms with Crippen molar-refractivity contribution in [3.8, 4) is 0 Å². The highest BCUT2D eigenvalue weighted by molar-refractivity contribution is 5.98. The first kappa shape index (κ1) is 11.4. The summed E-state index contributed by atoms with van der Waals surface area (Å²) in [6, 6.07) is 0. The van der Waals surface area contributed by atoms with Gasteiger partial charge in [0.1, 0.15) is 11.6 Å². The summed E-state index contributed by atoms with van der Waals surface area (Å²) in [5.41, 5.74) is 6.25. The third-order valence-corrected chi connectivity index (χ3v) is 2.61. The van der Waals surface area contributed by atoms with Crippen LogP contribution in [0.5, 0.6) is 0 Å². The molecule has 2 rings (SSSR count). The minimum Gasteiger partial charge on any atom is -0.364 e. The first-order valence-corrected chi connectivity index (χ1v) is 5.38. The first-order valence-electron chi connectivity index (χ1n) is 5.38. The van der Waals surface area contributed by atoms with E-state index in [0.717, 1.165) is 18.1 Å². The van der Waals surface area contributed by atoms with Crippen LogP contribution in [0.15, 0.2) is 12.4 Å². The van der Waals surface area contributed by atoms with Gasteiger partial charge in [-0.05, 0) is 0 Å². The molecule has 6 heteroatoms. The Labute approximate surface area is 99.1 Å². The molecule has 2 aromatic heterocycles. The summed E-state index contributed by atoms with van der Waals surface area (Å²) >= 11 is 0. The highest BCUT2D eigenvalue weighted by Crippen LogP contribution is 2.19. The Hall–Kier alpha value is -2.11. The quantitative estimate of drug-likeness (QED) is 0.835. The zero-order valence-corrected chi connectivity index (χ0v) is 10.1. The summed E-state index contributed by atoms with van der Waals surface area (Å²) in [6.45, 7) is 1.99. The summed E-state index contributed by atoms with van der Waals surface area (Å²) in [6.07, 6.45) is 4.07. The second kappa shape index (κ2) is 4.04. The van der Waals surface area contributed by atoms with Gasteiger partial charge in [0, 0.05) is 20.5 Å². The van der Waals surface area contributed by atoms with Gasteiger partial charge in [-0.2, -0.15) is 0 Å². The van der Waals surface area contributed by atoms with E-state index >= 15 is 0 Å². The number of aromatic nitrogens is 3. The molecule has 0 bridgehead atoms. The van der Waals surface area contributed by atoms with Crippen LogP contribution in [0, 0.1) is 0 Å². The van der Waals surface area contributed by atoms with Gasteiger partial charge < -0.3 is 10.6 Å². The standard InChI is InChI=1S/C11H15N5O/c1-4-8-14-10(11(12)17)7-5-13-6-9(15(2)3)16(7)8/h5-6H,4H2,1-3H3,(H2,12,17). The maximum absolute atomic E-state index is 11.3. The monoisotopic (exact) mass is 233 g/mol. The Morgan fingerprint density at radius 1 is 1.47 bits per heavy atom. The Kier molecular flexibility index (Phi) is 2.71. The van der Waals surface area contributed by atoms with E-state index in [4.69, 9.17) is 5.73 Å². The number of rotatable bonds is 3. The second-order valence-electron chi connectivity index (χ2n) is 3.97. The fourth-order valence-electron chi connectivity index (χ4n) is 1.82. The van der Waals surface area contributed by atoms with Crippen molar-refractivity contribution in [1.29, 1.82) is 0 Å². The number of hydrogen-bond donors (Lipinski definition) is 1. The van der Waals surface area contributed by atoms with E-state index in [2.05, 4.69) is 9.97 Å². The molecule has 0 saturated heterocycles. The van der Waals surface area contributed by atoms with Gasteiger partial charge in [-0.1, -0.05) is 6.92 Å². The molecule has 2 aromatic rings. The van der Waals surface area contributed by atoms with Gasteiger partial charge in [-0.3, -0.25) is 14.2 Å². The minimum atomic E-state index is -0.528. The van der Waals surface area contributed by atoms with Crippen LogP contribution >= 0.6 is 0 Å². The molecule has 0 aliphatic rings. The fraction of sp³-hybridized carbons (Fsp3) is 0.364. The van der Waals surface area contributed by atoms with Gasteiger partial charge in [0.25, 0.3) is 5.91 Å². The van der Waals surface area contributed by atoms with Crippen molar-refractivity contribution in [2.75, 3.05) is 19.0 Å². The maximum Gasteiger partial charge on any atom is 0.269 e. The van der Waals surface area contributed by atoms with Crippen LogP contribution in [-0.4, -0.2) is 34.4 Å². The molecule has 0 spiro atoms. The van der Waals surface area contributed by atoms with Crippen LogP contribution in [-0.2, 0) is 6.42 Å². The molecule has 0 radical (unpaired) electrons. The summed E-state index contributed by atoms with van der Waals surface area (Å²) in [5, 5.41) is 0. The maximum atomic E-state index is 11.3. The van der Waals surface area contributed by atoms with Gasteiger partial charge in [0.2, 0.25) is 0 Å². The van der Waals surface area contributed by atoms with Crippen LogP contribution < -0.4 is 10.6 Å². The van der Waals surface area contributed by atoms with Crippen LogP contribution in [0.1, 0.15) is 23.2 Å². The molecule has 6 nitrogen and oxygen atoms in total. The third-order valence-electron chi connectivity index (χ3n) is 2.61. The van der Waals surface area contributed by atoms with Gasteiger partial charge in [-0.15, -0.1) is 0 Å². The van der Waals surface area contributed by atoms with E-state index < -0.39 is 5.91 Å². The summed E-state index contributed by atoms with van der Waals surface area (Å²) in [7, 11) is 3.83. The van der Waals surface area contributed by atoms with Crippen LogP contribution in [0.2, 0.25) is 0 Å². The largest absolute Gasteiger partial charge is 0.364 e. The van der Waals surface area contributed by atoms with E-state index in [0.29, 0.717) is 5.52 Å². The highest BCUT2D eigenvalue weighted by atomic mass is 16.1. The minimum absolute atomic E-state index is 0.276. The van der Waals surface area contributed by atoms with Crippen LogP contribution in [0.25, 0.3) is 5.52 Å². The second-order valence-corrected chi connectivity index (χ2v) is 3.97. The predicted octanol–water partition coefficient (Wildman–Crippen LogP) is 0.457.